The Labute approximate surface area is 195 Å². The minimum absolute atomic E-state index is 0.000702. The number of anilines is 1. The molecule has 2 heterocycles. The lowest BCUT2D eigenvalue weighted by molar-refractivity contribution is -0.145. The molecule has 0 amide bonds. The van der Waals surface area contributed by atoms with Crippen molar-refractivity contribution in [1.29, 1.82) is 0 Å². The van der Waals surface area contributed by atoms with Crippen molar-refractivity contribution in [2.45, 2.75) is 51.3 Å². The predicted octanol–water partition coefficient (Wildman–Crippen LogP) is 2.59. The second-order valence-electron chi connectivity index (χ2n) is 8.21. The van der Waals surface area contributed by atoms with Crippen LogP contribution in [0, 0.1) is 0 Å². The monoisotopic (exact) mass is 498 g/mol. The molecule has 4 atom stereocenters. The first-order valence-electron chi connectivity index (χ1n) is 10.6. The Morgan fingerprint density at radius 3 is 2.74 bits per heavy atom. The molecule has 1 aliphatic heterocycles. The van der Waals surface area contributed by atoms with Gasteiger partial charge in [-0.25, -0.2) is 18.8 Å². The number of rotatable bonds is 10. The van der Waals surface area contributed by atoms with Gasteiger partial charge >= 0.3 is 19.4 Å². The van der Waals surface area contributed by atoms with E-state index in [2.05, 4.69) is 10.1 Å². The van der Waals surface area contributed by atoms with Crippen molar-refractivity contribution in [3.05, 3.63) is 53.1 Å². The van der Waals surface area contributed by atoms with Gasteiger partial charge < -0.3 is 19.7 Å². The number of carbonyl (C=O) groups excluding carboxylic acids is 1. The maximum absolute atomic E-state index is 15.3. The zero-order chi connectivity index (χ0) is 24.9. The van der Waals surface area contributed by atoms with Crippen molar-refractivity contribution in [3.63, 3.8) is 0 Å². The van der Waals surface area contributed by atoms with E-state index in [1.807, 2.05) is 0 Å². The van der Waals surface area contributed by atoms with Crippen molar-refractivity contribution in [1.82, 2.24) is 14.6 Å². The summed E-state index contributed by atoms with van der Waals surface area (Å²) in [6, 6.07) is 9.56. The Morgan fingerprint density at radius 1 is 1.38 bits per heavy atom. The molecule has 1 aromatic heterocycles. The van der Waals surface area contributed by atoms with Crippen molar-refractivity contribution >= 4 is 19.5 Å². The van der Waals surface area contributed by atoms with E-state index in [4.69, 9.17) is 24.3 Å². The van der Waals surface area contributed by atoms with E-state index in [1.165, 1.54) is 19.2 Å². The number of nitrogens with two attached hydrogens (primary N) is 1. The molecule has 0 bridgehead atoms. The molecule has 3 rings (SSSR count). The third-order valence-corrected chi connectivity index (χ3v) is 6.24. The quantitative estimate of drug-likeness (QED) is 0.370. The molecular formula is C21H28FN4O7P. The first kappa shape index (κ1) is 25.8. The van der Waals surface area contributed by atoms with Gasteiger partial charge in [0.15, 0.2) is 11.9 Å². The van der Waals surface area contributed by atoms with Crippen LogP contribution in [0.3, 0.4) is 0 Å². The number of alkyl halides is 1. The highest BCUT2D eigenvalue weighted by molar-refractivity contribution is 7.52. The average molecular weight is 498 g/mol. The molecule has 0 aliphatic carbocycles. The highest BCUT2D eigenvalue weighted by Gasteiger charge is 2.48. The van der Waals surface area contributed by atoms with Gasteiger partial charge in [-0.1, -0.05) is 18.2 Å². The van der Waals surface area contributed by atoms with E-state index < -0.39 is 44.0 Å². The Kier molecular flexibility index (Phi) is 8.09. The number of hydrogen-bond donors (Lipinski definition) is 2. The second kappa shape index (κ2) is 10.6. The predicted molar refractivity (Wildman–Crippen MR) is 121 cm³/mol. The third kappa shape index (κ3) is 6.86. The molecule has 0 spiro atoms. The lowest BCUT2D eigenvalue weighted by Crippen LogP contribution is -2.35. The molecule has 0 saturated carbocycles. The summed E-state index contributed by atoms with van der Waals surface area (Å²) in [5.74, 6) is -0.421. The van der Waals surface area contributed by atoms with Crippen molar-refractivity contribution in [3.8, 4) is 5.75 Å². The molecule has 1 saturated heterocycles. The lowest BCUT2D eigenvalue weighted by atomic mass is 10.0. The fourth-order valence-electron chi connectivity index (χ4n) is 3.35. The summed E-state index contributed by atoms with van der Waals surface area (Å²) in [4.78, 5) is 27.6. The van der Waals surface area contributed by atoms with Crippen LogP contribution in [0.4, 0.5) is 10.2 Å². The minimum atomic E-state index is -4.09. The summed E-state index contributed by atoms with van der Waals surface area (Å²) in [7, 11) is -4.09. The van der Waals surface area contributed by atoms with Crippen LogP contribution in [0.25, 0.3) is 0 Å². The van der Waals surface area contributed by atoms with Gasteiger partial charge in [-0.3, -0.25) is 13.9 Å². The zero-order valence-electron chi connectivity index (χ0n) is 19.0. The van der Waals surface area contributed by atoms with Crippen molar-refractivity contribution < 1.29 is 32.3 Å². The lowest BCUT2D eigenvalue weighted by Gasteiger charge is -2.23. The normalized spacial score (nSPS) is 24.0. The molecular weight excluding hydrogens is 470 g/mol. The maximum atomic E-state index is 15.3. The molecule has 1 aliphatic rings. The number of hydrogen-bond acceptors (Lipinski definition) is 9. The van der Waals surface area contributed by atoms with Crippen molar-refractivity contribution in [2.24, 2.45) is 0 Å². The summed E-state index contributed by atoms with van der Waals surface area (Å²) < 4.78 is 51.3. The second-order valence-corrected chi connectivity index (χ2v) is 9.96. The van der Waals surface area contributed by atoms with E-state index in [-0.39, 0.29) is 30.7 Å². The molecule has 0 radical (unpaired) electrons. The fraction of sp³-hybridized carbons (Fsp3) is 0.476. The first-order chi connectivity index (χ1) is 16.0. The minimum Gasteiger partial charge on any atom is -0.462 e. The van der Waals surface area contributed by atoms with Gasteiger partial charge in [-0.15, -0.1) is 0 Å². The van der Waals surface area contributed by atoms with E-state index in [1.54, 1.807) is 44.2 Å². The molecule has 1 unspecified atom stereocenters. The van der Waals surface area contributed by atoms with E-state index in [9.17, 15) is 14.2 Å². The van der Waals surface area contributed by atoms with Crippen LogP contribution in [-0.2, 0) is 23.4 Å². The van der Waals surface area contributed by atoms with Crippen LogP contribution in [-0.4, -0.2) is 46.5 Å². The first-order valence-corrected chi connectivity index (χ1v) is 12.1. The Morgan fingerprint density at radius 2 is 2.09 bits per heavy atom. The molecule has 1 fully saturated rings. The summed E-state index contributed by atoms with van der Waals surface area (Å²) >= 11 is 0. The number of nitrogens with zero attached hydrogens (tertiary/aromatic N) is 2. The number of nitrogens with one attached hydrogen (secondary N) is 1. The number of aromatic nitrogens is 2. The van der Waals surface area contributed by atoms with Gasteiger partial charge in [-0.2, -0.15) is 4.98 Å². The number of esters is 1. The van der Waals surface area contributed by atoms with Crippen LogP contribution in [0.15, 0.2) is 47.4 Å². The molecule has 2 aromatic rings. The summed E-state index contributed by atoms with van der Waals surface area (Å²) in [5.41, 5.74) is 2.78. The fourth-order valence-corrected chi connectivity index (χ4v) is 4.64. The van der Waals surface area contributed by atoms with E-state index in [0.29, 0.717) is 0 Å². The highest BCUT2D eigenvalue weighted by Crippen LogP contribution is 2.46. The van der Waals surface area contributed by atoms with E-state index >= 15 is 4.39 Å². The SMILES string of the molecule is CC(C)OC(=O)CNP(=O)(OC[C@@H]1C[C@@](C)(F)[C@H](n2ccc(N)nc2=O)O1)Oc1ccccc1. The molecule has 186 valence electrons. The number of ether oxygens (including phenoxy) is 2. The van der Waals surface area contributed by atoms with E-state index in [0.717, 1.165) is 4.57 Å². The number of benzene rings is 1. The number of para-hydroxylation sites is 1. The molecule has 34 heavy (non-hydrogen) atoms. The van der Waals surface area contributed by atoms with Crippen LogP contribution in [0.2, 0.25) is 0 Å². The Bertz CT molecular complexity index is 1100. The summed E-state index contributed by atoms with van der Waals surface area (Å²) in [6.07, 6.45) is -1.38. The largest absolute Gasteiger partial charge is 0.462 e. The summed E-state index contributed by atoms with van der Waals surface area (Å²) in [6.45, 7) is 3.85. The van der Waals surface area contributed by atoms with Gasteiger partial charge in [0, 0.05) is 12.6 Å². The van der Waals surface area contributed by atoms with Crippen LogP contribution < -0.4 is 21.0 Å². The third-order valence-electron chi connectivity index (χ3n) is 4.75. The molecule has 3 N–H and O–H groups in total. The van der Waals surface area contributed by atoms with Gasteiger partial charge in [0.25, 0.3) is 0 Å². The maximum Gasteiger partial charge on any atom is 0.459 e. The number of nitrogen functional groups attached to an aromatic ring is 1. The highest BCUT2D eigenvalue weighted by atomic mass is 31.2. The summed E-state index contributed by atoms with van der Waals surface area (Å²) in [5, 5.41) is 2.46. The van der Waals surface area contributed by atoms with Crippen molar-refractivity contribution in [2.75, 3.05) is 18.9 Å². The van der Waals surface area contributed by atoms with Crippen LogP contribution in [0.1, 0.15) is 33.4 Å². The molecule has 13 heteroatoms. The van der Waals surface area contributed by atoms with Crippen LogP contribution >= 0.6 is 7.75 Å². The van der Waals surface area contributed by atoms with Gasteiger partial charge in [0.05, 0.1) is 18.8 Å². The standard InChI is InChI=1S/C21H28FN4O7P/c1-14(2)31-18(27)12-24-34(29,33-15-7-5-4-6-8-15)30-13-16-11-21(3,22)19(32-16)26-10-9-17(23)25-20(26)28/h4-10,14,16,19H,11-13H2,1-3H3,(H,24,29)(H2,23,25,28)/t16-,19+,21+,34?/m0/s1. The topological polar surface area (TPSA) is 144 Å². The number of carbonyl (C=O) groups is 1. The molecule has 1 aromatic carbocycles. The zero-order valence-corrected chi connectivity index (χ0v) is 19.9. The Balaban J connectivity index is 1.70. The van der Waals surface area contributed by atoms with Gasteiger partial charge in [0.1, 0.15) is 18.1 Å². The average Bonchev–Trinajstić information content (AvgIpc) is 3.05. The Hall–Kier alpha value is -2.79. The smallest absolute Gasteiger partial charge is 0.459 e. The number of halogens is 1. The van der Waals surface area contributed by atoms with Gasteiger partial charge in [0.2, 0.25) is 0 Å². The molecule has 11 nitrogen and oxygen atoms in total. The van der Waals surface area contributed by atoms with Crippen LogP contribution in [0.5, 0.6) is 5.75 Å². The van der Waals surface area contributed by atoms with Gasteiger partial charge in [-0.05, 0) is 39.0 Å².